The van der Waals surface area contributed by atoms with Gasteiger partial charge in [0.25, 0.3) is 0 Å². The van der Waals surface area contributed by atoms with Crippen LogP contribution in [-0.4, -0.2) is 43.5 Å². The highest BCUT2D eigenvalue weighted by atomic mass is 16.5. The Morgan fingerprint density at radius 2 is 1.87 bits per heavy atom. The number of carbonyl (C=O) groups excluding carboxylic acids is 2. The van der Waals surface area contributed by atoms with Crippen LogP contribution in [0.5, 0.6) is 11.5 Å². The molecule has 0 radical (unpaired) electrons. The number of methoxy groups -OCH3 is 2. The topological polar surface area (TPSA) is 67.9 Å². The van der Waals surface area contributed by atoms with Gasteiger partial charge in [0.05, 0.1) is 20.8 Å². The molecule has 2 amide bonds. The molecule has 1 aromatic rings. The summed E-state index contributed by atoms with van der Waals surface area (Å²) in [5.74, 6) is 0.909. The Bertz CT molecular complexity index is 545. The van der Waals surface area contributed by atoms with Gasteiger partial charge in [0.15, 0.2) is 11.5 Å². The van der Waals surface area contributed by atoms with Gasteiger partial charge in [-0.25, -0.2) is 0 Å². The lowest BCUT2D eigenvalue weighted by Crippen LogP contribution is -2.42. The van der Waals surface area contributed by atoms with Gasteiger partial charge in [-0.05, 0) is 31.0 Å². The van der Waals surface area contributed by atoms with E-state index >= 15 is 0 Å². The van der Waals surface area contributed by atoms with Crippen molar-refractivity contribution in [1.29, 1.82) is 0 Å². The van der Waals surface area contributed by atoms with Crippen LogP contribution in [-0.2, 0) is 16.1 Å². The molecule has 0 aliphatic heterocycles. The summed E-state index contributed by atoms with van der Waals surface area (Å²) in [5, 5.41) is 2.86. The van der Waals surface area contributed by atoms with Crippen molar-refractivity contribution in [2.45, 2.75) is 39.8 Å². The van der Waals surface area contributed by atoms with E-state index in [-0.39, 0.29) is 24.4 Å². The second-order valence-electron chi connectivity index (χ2n) is 5.44. The molecule has 0 aliphatic rings. The molecule has 0 heterocycles. The second kappa shape index (κ2) is 9.02. The van der Waals surface area contributed by atoms with E-state index in [0.29, 0.717) is 18.0 Å². The maximum Gasteiger partial charge on any atom is 0.239 e. The number of nitrogens with zero attached hydrogens (tertiary/aromatic N) is 1. The molecule has 1 aromatic carbocycles. The third kappa shape index (κ3) is 5.81. The predicted octanol–water partition coefficient (Wildman–Crippen LogP) is 1.97. The van der Waals surface area contributed by atoms with Gasteiger partial charge in [-0.3, -0.25) is 9.59 Å². The minimum Gasteiger partial charge on any atom is -0.493 e. The summed E-state index contributed by atoms with van der Waals surface area (Å²) >= 11 is 0. The van der Waals surface area contributed by atoms with Crippen molar-refractivity contribution in [3.05, 3.63) is 23.8 Å². The van der Waals surface area contributed by atoms with Crippen LogP contribution in [0.3, 0.4) is 0 Å². The highest BCUT2D eigenvalue weighted by Crippen LogP contribution is 2.28. The monoisotopic (exact) mass is 322 g/mol. The predicted molar refractivity (Wildman–Crippen MR) is 88.5 cm³/mol. The van der Waals surface area contributed by atoms with Crippen molar-refractivity contribution in [1.82, 2.24) is 10.2 Å². The Morgan fingerprint density at radius 1 is 1.22 bits per heavy atom. The SMILES string of the molecule is CCC(C)NC(=O)CN(Cc1ccc(OC)c(OC)c1)C(C)=O. The van der Waals surface area contributed by atoms with Crippen LogP contribution in [0.1, 0.15) is 32.8 Å². The molecule has 1 rings (SSSR count). The van der Waals surface area contributed by atoms with E-state index in [1.54, 1.807) is 26.4 Å². The van der Waals surface area contributed by atoms with Crippen molar-refractivity contribution in [2.75, 3.05) is 20.8 Å². The molecule has 0 aromatic heterocycles. The van der Waals surface area contributed by atoms with Crippen molar-refractivity contribution >= 4 is 11.8 Å². The Balaban J connectivity index is 2.80. The molecule has 128 valence electrons. The third-order valence-corrected chi connectivity index (χ3v) is 3.62. The van der Waals surface area contributed by atoms with Gasteiger partial charge in [-0.2, -0.15) is 0 Å². The second-order valence-corrected chi connectivity index (χ2v) is 5.44. The first-order chi connectivity index (χ1) is 10.9. The lowest BCUT2D eigenvalue weighted by molar-refractivity contribution is -0.135. The molecule has 0 aliphatic carbocycles. The molecule has 1 unspecified atom stereocenters. The Hall–Kier alpha value is -2.24. The van der Waals surface area contributed by atoms with Crippen molar-refractivity contribution in [3.63, 3.8) is 0 Å². The van der Waals surface area contributed by atoms with Crippen LogP contribution in [0.15, 0.2) is 18.2 Å². The van der Waals surface area contributed by atoms with Gasteiger partial charge in [0, 0.05) is 19.5 Å². The molecule has 0 spiro atoms. The maximum absolute atomic E-state index is 12.0. The van der Waals surface area contributed by atoms with Gasteiger partial charge >= 0.3 is 0 Å². The van der Waals surface area contributed by atoms with E-state index in [0.717, 1.165) is 12.0 Å². The minimum absolute atomic E-state index is 0.0357. The zero-order valence-corrected chi connectivity index (χ0v) is 14.5. The molecular formula is C17H26N2O4. The Labute approximate surface area is 137 Å². The number of hydrogen-bond acceptors (Lipinski definition) is 4. The molecular weight excluding hydrogens is 296 g/mol. The van der Waals surface area contributed by atoms with E-state index in [1.807, 2.05) is 19.9 Å². The molecule has 0 bridgehead atoms. The zero-order valence-electron chi connectivity index (χ0n) is 14.5. The first-order valence-electron chi connectivity index (χ1n) is 7.67. The fourth-order valence-corrected chi connectivity index (χ4v) is 2.07. The lowest BCUT2D eigenvalue weighted by atomic mass is 10.2. The minimum atomic E-state index is -0.157. The lowest BCUT2D eigenvalue weighted by Gasteiger charge is -2.22. The van der Waals surface area contributed by atoms with E-state index in [2.05, 4.69) is 5.32 Å². The summed E-state index contributed by atoms with van der Waals surface area (Å²) in [4.78, 5) is 25.3. The normalized spacial score (nSPS) is 11.5. The fourth-order valence-electron chi connectivity index (χ4n) is 2.07. The molecule has 0 saturated heterocycles. The number of carbonyl (C=O) groups is 2. The smallest absolute Gasteiger partial charge is 0.239 e. The number of nitrogens with one attached hydrogen (secondary N) is 1. The first-order valence-corrected chi connectivity index (χ1v) is 7.67. The maximum atomic E-state index is 12.0. The fraction of sp³-hybridized carbons (Fsp3) is 0.529. The molecule has 6 nitrogen and oxygen atoms in total. The summed E-state index contributed by atoms with van der Waals surface area (Å²) < 4.78 is 10.5. The van der Waals surface area contributed by atoms with Gasteiger partial charge in [0.2, 0.25) is 11.8 Å². The van der Waals surface area contributed by atoms with Crippen LogP contribution in [0.25, 0.3) is 0 Å². The van der Waals surface area contributed by atoms with E-state index in [9.17, 15) is 9.59 Å². The largest absolute Gasteiger partial charge is 0.493 e. The highest BCUT2D eigenvalue weighted by molar-refractivity contribution is 5.83. The van der Waals surface area contributed by atoms with E-state index in [4.69, 9.17) is 9.47 Å². The Kier molecular flexibility index (Phi) is 7.38. The molecule has 1 N–H and O–H groups in total. The van der Waals surface area contributed by atoms with E-state index < -0.39 is 0 Å². The van der Waals surface area contributed by atoms with Crippen LogP contribution >= 0.6 is 0 Å². The zero-order chi connectivity index (χ0) is 17.4. The standard InChI is InChI=1S/C17H26N2O4/c1-6-12(2)18-17(21)11-19(13(3)20)10-14-7-8-15(22-4)16(9-14)23-5/h7-9,12H,6,10-11H2,1-5H3,(H,18,21). The number of hydrogen-bond donors (Lipinski definition) is 1. The summed E-state index contributed by atoms with van der Waals surface area (Å²) in [6.45, 7) is 5.76. The summed E-state index contributed by atoms with van der Waals surface area (Å²) in [6, 6.07) is 5.54. The summed E-state index contributed by atoms with van der Waals surface area (Å²) in [7, 11) is 3.13. The van der Waals surface area contributed by atoms with E-state index in [1.165, 1.54) is 11.8 Å². The van der Waals surface area contributed by atoms with Crippen molar-refractivity contribution in [2.24, 2.45) is 0 Å². The van der Waals surface area contributed by atoms with Crippen molar-refractivity contribution < 1.29 is 19.1 Å². The summed E-state index contributed by atoms with van der Waals surface area (Å²) in [5.41, 5.74) is 0.870. The van der Waals surface area contributed by atoms with Gasteiger partial charge < -0.3 is 19.7 Å². The van der Waals surface area contributed by atoms with Gasteiger partial charge in [0.1, 0.15) is 0 Å². The van der Waals surface area contributed by atoms with Gasteiger partial charge in [-0.1, -0.05) is 13.0 Å². The molecule has 1 atom stereocenters. The van der Waals surface area contributed by atoms with Crippen LogP contribution in [0, 0.1) is 0 Å². The number of benzene rings is 1. The Morgan fingerprint density at radius 3 is 2.39 bits per heavy atom. The van der Waals surface area contributed by atoms with Crippen LogP contribution in [0.2, 0.25) is 0 Å². The highest BCUT2D eigenvalue weighted by Gasteiger charge is 2.16. The summed E-state index contributed by atoms with van der Waals surface area (Å²) in [6.07, 6.45) is 0.849. The number of rotatable bonds is 8. The number of ether oxygens (including phenoxy) is 2. The third-order valence-electron chi connectivity index (χ3n) is 3.62. The van der Waals surface area contributed by atoms with Crippen LogP contribution < -0.4 is 14.8 Å². The molecule has 0 saturated carbocycles. The average Bonchev–Trinajstić information content (AvgIpc) is 2.53. The quantitative estimate of drug-likeness (QED) is 0.794. The van der Waals surface area contributed by atoms with Gasteiger partial charge in [-0.15, -0.1) is 0 Å². The molecule has 0 fully saturated rings. The van der Waals surface area contributed by atoms with Crippen molar-refractivity contribution in [3.8, 4) is 11.5 Å². The van der Waals surface area contributed by atoms with Crippen LogP contribution in [0.4, 0.5) is 0 Å². The average molecular weight is 322 g/mol. The molecule has 23 heavy (non-hydrogen) atoms. The number of amides is 2. The molecule has 6 heteroatoms. The first kappa shape index (κ1) is 18.8.